The Labute approximate surface area is 126 Å². The lowest BCUT2D eigenvalue weighted by Crippen LogP contribution is -2.19. The zero-order valence-electron chi connectivity index (χ0n) is 12.4. The van der Waals surface area contributed by atoms with E-state index in [4.69, 9.17) is 16.3 Å². The van der Waals surface area contributed by atoms with Crippen molar-refractivity contribution in [2.45, 2.75) is 39.2 Å². The molecule has 4 heteroatoms. The van der Waals surface area contributed by atoms with Gasteiger partial charge in [-0.25, -0.2) is 0 Å². The van der Waals surface area contributed by atoms with Crippen molar-refractivity contribution in [3.63, 3.8) is 0 Å². The minimum absolute atomic E-state index is 0.0862. The molecule has 0 aliphatic heterocycles. The normalized spacial score (nSPS) is 10.8. The molecule has 0 aromatic heterocycles. The summed E-state index contributed by atoms with van der Waals surface area (Å²) in [6, 6.07) is 7.93. The predicted molar refractivity (Wildman–Crippen MR) is 82.9 cm³/mol. The number of hydrogen-bond acceptors (Lipinski definition) is 3. The van der Waals surface area contributed by atoms with Crippen molar-refractivity contribution >= 4 is 17.6 Å². The van der Waals surface area contributed by atoms with Gasteiger partial charge in [0, 0.05) is 18.0 Å². The first-order chi connectivity index (χ1) is 9.63. The second-order valence-corrected chi connectivity index (χ2v) is 5.35. The summed E-state index contributed by atoms with van der Waals surface area (Å²) in [6.45, 7) is 4.17. The molecule has 0 bridgehead atoms. The summed E-state index contributed by atoms with van der Waals surface area (Å²) in [5.41, 5.74) is 1.16. The molecule has 1 aromatic rings. The number of ether oxygens (including phenoxy) is 1. The van der Waals surface area contributed by atoms with E-state index in [1.54, 1.807) is 0 Å². The van der Waals surface area contributed by atoms with Crippen molar-refractivity contribution in [2.75, 3.05) is 20.2 Å². The molecule has 1 rings (SSSR count). The van der Waals surface area contributed by atoms with Crippen molar-refractivity contribution in [2.24, 2.45) is 0 Å². The minimum atomic E-state index is -0.0862. The molecule has 0 spiro atoms. The molecule has 0 radical (unpaired) electrons. The van der Waals surface area contributed by atoms with Gasteiger partial charge in [-0.1, -0.05) is 36.2 Å². The summed E-state index contributed by atoms with van der Waals surface area (Å²) < 4.78 is 4.90. The quantitative estimate of drug-likeness (QED) is 0.511. The lowest BCUT2D eigenvalue weighted by atomic mass is 10.1. The van der Waals surface area contributed by atoms with E-state index in [0.29, 0.717) is 13.0 Å². The van der Waals surface area contributed by atoms with Gasteiger partial charge in [0.2, 0.25) is 0 Å². The van der Waals surface area contributed by atoms with E-state index in [9.17, 15) is 4.79 Å². The maximum Gasteiger partial charge on any atom is 0.305 e. The molecule has 0 amide bonds. The smallest absolute Gasteiger partial charge is 0.305 e. The molecule has 0 aliphatic rings. The highest BCUT2D eigenvalue weighted by Gasteiger charge is 2.04. The molecular weight excluding hydrogens is 274 g/mol. The predicted octanol–water partition coefficient (Wildman–Crippen LogP) is 3.90. The Morgan fingerprint density at radius 3 is 2.70 bits per heavy atom. The fourth-order valence-corrected chi connectivity index (χ4v) is 2.25. The molecule has 3 nitrogen and oxygen atoms in total. The van der Waals surface area contributed by atoms with Crippen molar-refractivity contribution in [1.82, 2.24) is 4.90 Å². The zero-order valence-corrected chi connectivity index (χ0v) is 13.2. The third-order valence-electron chi connectivity index (χ3n) is 3.12. The molecule has 0 fully saturated rings. The fraction of sp³-hybridized carbons (Fsp3) is 0.562. The molecule has 0 aliphatic carbocycles. The summed E-state index contributed by atoms with van der Waals surface area (Å²) in [5.74, 6) is -0.0862. The van der Waals surface area contributed by atoms with Gasteiger partial charge >= 0.3 is 5.97 Å². The molecule has 0 unspecified atom stereocenters. The number of esters is 1. The second-order valence-electron chi connectivity index (χ2n) is 4.94. The molecule has 0 atom stereocenters. The van der Waals surface area contributed by atoms with Crippen LogP contribution in [0.25, 0.3) is 0 Å². The SMILES string of the molecule is CCOC(=O)CCCCCN(C)Cc1ccccc1Cl. The molecule has 0 saturated heterocycles. The monoisotopic (exact) mass is 297 g/mol. The topological polar surface area (TPSA) is 29.5 Å². The van der Waals surface area contributed by atoms with Gasteiger partial charge in [0.15, 0.2) is 0 Å². The Balaban J connectivity index is 2.13. The van der Waals surface area contributed by atoms with Crippen LogP contribution in [0.15, 0.2) is 24.3 Å². The number of nitrogens with zero attached hydrogens (tertiary/aromatic N) is 1. The molecule has 20 heavy (non-hydrogen) atoms. The van der Waals surface area contributed by atoms with Crippen molar-refractivity contribution < 1.29 is 9.53 Å². The van der Waals surface area contributed by atoms with Crippen LogP contribution < -0.4 is 0 Å². The van der Waals surface area contributed by atoms with Gasteiger partial charge in [-0.05, 0) is 45.0 Å². The first-order valence-electron chi connectivity index (χ1n) is 7.21. The minimum Gasteiger partial charge on any atom is -0.466 e. The van der Waals surface area contributed by atoms with Crippen LogP contribution in [-0.2, 0) is 16.1 Å². The average molecular weight is 298 g/mol. The van der Waals surface area contributed by atoms with E-state index in [0.717, 1.165) is 42.9 Å². The van der Waals surface area contributed by atoms with Crippen LogP contribution in [0.3, 0.4) is 0 Å². The van der Waals surface area contributed by atoms with Crippen LogP contribution in [0.5, 0.6) is 0 Å². The molecular formula is C16H24ClNO2. The van der Waals surface area contributed by atoms with Crippen molar-refractivity contribution in [3.8, 4) is 0 Å². The van der Waals surface area contributed by atoms with Crippen molar-refractivity contribution in [1.29, 1.82) is 0 Å². The Morgan fingerprint density at radius 2 is 2.00 bits per heavy atom. The van der Waals surface area contributed by atoms with Crippen LogP contribution >= 0.6 is 11.6 Å². The number of unbranched alkanes of at least 4 members (excludes halogenated alkanes) is 2. The highest BCUT2D eigenvalue weighted by atomic mass is 35.5. The van der Waals surface area contributed by atoms with Gasteiger partial charge in [-0.3, -0.25) is 4.79 Å². The Bertz CT molecular complexity index is 409. The average Bonchev–Trinajstić information content (AvgIpc) is 2.41. The number of rotatable bonds is 9. The van der Waals surface area contributed by atoms with Crippen LogP contribution in [0.4, 0.5) is 0 Å². The number of hydrogen-bond donors (Lipinski definition) is 0. The summed E-state index contributed by atoms with van der Waals surface area (Å²) in [5, 5.41) is 0.821. The summed E-state index contributed by atoms with van der Waals surface area (Å²) in [4.78, 5) is 13.4. The highest BCUT2D eigenvalue weighted by Crippen LogP contribution is 2.16. The Morgan fingerprint density at radius 1 is 1.25 bits per heavy atom. The fourth-order valence-electron chi connectivity index (χ4n) is 2.06. The van der Waals surface area contributed by atoms with Crippen LogP contribution in [0.2, 0.25) is 5.02 Å². The lowest BCUT2D eigenvalue weighted by molar-refractivity contribution is -0.143. The summed E-state index contributed by atoms with van der Waals surface area (Å²) >= 11 is 6.14. The maximum absolute atomic E-state index is 11.2. The maximum atomic E-state index is 11.2. The third kappa shape index (κ3) is 6.92. The number of halogens is 1. The third-order valence-corrected chi connectivity index (χ3v) is 3.49. The zero-order chi connectivity index (χ0) is 14.8. The van der Waals surface area contributed by atoms with Gasteiger partial charge in [0.05, 0.1) is 6.61 Å². The van der Waals surface area contributed by atoms with Crippen molar-refractivity contribution in [3.05, 3.63) is 34.9 Å². The van der Waals surface area contributed by atoms with Gasteiger partial charge in [0.25, 0.3) is 0 Å². The van der Waals surface area contributed by atoms with Crippen LogP contribution in [0.1, 0.15) is 38.2 Å². The number of carbonyl (C=O) groups excluding carboxylic acids is 1. The van der Waals surface area contributed by atoms with E-state index >= 15 is 0 Å². The standard InChI is InChI=1S/C16H24ClNO2/c1-3-20-16(19)11-5-4-8-12-18(2)13-14-9-6-7-10-15(14)17/h6-7,9-10H,3-5,8,11-13H2,1-2H3. The van der Waals surface area contributed by atoms with E-state index < -0.39 is 0 Å². The number of benzene rings is 1. The highest BCUT2D eigenvalue weighted by molar-refractivity contribution is 6.31. The van der Waals surface area contributed by atoms with E-state index in [1.165, 1.54) is 0 Å². The second kappa shape index (κ2) is 9.78. The lowest BCUT2D eigenvalue weighted by Gasteiger charge is -2.17. The molecule has 0 heterocycles. The first kappa shape index (κ1) is 17.0. The van der Waals surface area contributed by atoms with E-state index in [2.05, 4.69) is 18.0 Å². The summed E-state index contributed by atoms with van der Waals surface area (Å²) in [6.07, 6.45) is 3.56. The Kier molecular flexibility index (Phi) is 8.31. The van der Waals surface area contributed by atoms with Gasteiger partial charge in [-0.2, -0.15) is 0 Å². The van der Waals surface area contributed by atoms with Gasteiger partial charge in [-0.15, -0.1) is 0 Å². The van der Waals surface area contributed by atoms with Crippen LogP contribution in [0, 0.1) is 0 Å². The van der Waals surface area contributed by atoms with Gasteiger partial charge in [0.1, 0.15) is 0 Å². The first-order valence-corrected chi connectivity index (χ1v) is 7.59. The van der Waals surface area contributed by atoms with E-state index in [1.807, 2.05) is 25.1 Å². The van der Waals surface area contributed by atoms with Gasteiger partial charge < -0.3 is 9.64 Å². The largest absolute Gasteiger partial charge is 0.466 e. The number of carbonyl (C=O) groups is 1. The molecule has 0 N–H and O–H groups in total. The summed E-state index contributed by atoms with van der Waals surface area (Å²) in [7, 11) is 2.09. The van der Waals surface area contributed by atoms with Crippen LogP contribution in [-0.4, -0.2) is 31.1 Å². The molecule has 1 aromatic carbocycles. The Hall–Kier alpha value is -1.06. The molecule has 112 valence electrons. The van der Waals surface area contributed by atoms with E-state index in [-0.39, 0.29) is 5.97 Å². The molecule has 0 saturated carbocycles.